The molecule has 0 amide bonds. The summed E-state index contributed by atoms with van der Waals surface area (Å²) in [5, 5.41) is 3.38. The number of ether oxygens (including phenoxy) is 2. The molecule has 5 nitrogen and oxygen atoms in total. The lowest BCUT2D eigenvalue weighted by Gasteiger charge is -2.08. The average Bonchev–Trinajstić information content (AvgIpc) is 2.92. The first kappa shape index (κ1) is 8.92. The maximum Gasteiger partial charge on any atom is 0.231 e. The van der Waals surface area contributed by atoms with E-state index in [1.807, 2.05) is 24.5 Å². The zero-order valence-corrected chi connectivity index (χ0v) is 9.14. The molecular formula is C12H11N3O2. The van der Waals surface area contributed by atoms with Crippen LogP contribution in [-0.2, 0) is 13.1 Å². The molecule has 1 N–H and O–H groups in total. The lowest BCUT2D eigenvalue weighted by atomic mass is 10.1. The number of aromatic nitrogens is 2. The van der Waals surface area contributed by atoms with Crippen molar-refractivity contribution in [1.29, 1.82) is 0 Å². The Morgan fingerprint density at radius 3 is 3.06 bits per heavy atom. The Hall–Kier alpha value is -2.17. The van der Waals surface area contributed by atoms with Crippen LogP contribution in [0.3, 0.4) is 0 Å². The van der Waals surface area contributed by atoms with E-state index in [2.05, 4.69) is 14.9 Å². The van der Waals surface area contributed by atoms with Gasteiger partial charge in [-0.25, -0.2) is 4.98 Å². The molecule has 5 heteroatoms. The van der Waals surface area contributed by atoms with Gasteiger partial charge in [-0.2, -0.15) is 0 Å². The molecule has 1 aromatic carbocycles. The first-order valence-electron chi connectivity index (χ1n) is 5.56. The van der Waals surface area contributed by atoms with Gasteiger partial charge in [0.2, 0.25) is 6.79 Å². The highest BCUT2D eigenvalue weighted by atomic mass is 16.7. The van der Waals surface area contributed by atoms with E-state index in [1.54, 1.807) is 0 Å². The summed E-state index contributed by atoms with van der Waals surface area (Å²) >= 11 is 0. The van der Waals surface area contributed by atoms with Crippen LogP contribution in [-0.4, -0.2) is 16.3 Å². The Kier molecular flexibility index (Phi) is 1.66. The molecular weight excluding hydrogens is 218 g/mol. The minimum Gasteiger partial charge on any atom is -0.454 e. The molecule has 17 heavy (non-hydrogen) atoms. The molecule has 2 aliphatic rings. The molecule has 0 aliphatic carbocycles. The second kappa shape index (κ2) is 3.16. The topological polar surface area (TPSA) is 48.3 Å². The van der Waals surface area contributed by atoms with Crippen molar-refractivity contribution in [3.8, 4) is 11.5 Å². The van der Waals surface area contributed by atoms with Gasteiger partial charge in [0.05, 0.1) is 13.1 Å². The van der Waals surface area contributed by atoms with E-state index in [4.69, 9.17) is 9.47 Å². The van der Waals surface area contributed by atoms with E-state index in [-0.39, 0.29) is 0 Å². The van der Waals surface area contributed by atoms with Crippen molar-refractivity contribution < 1.29 is 9.47 Å². The summed E-state index contributed by atoms with van der Waals surface area (Å²) in [5.74, 6) is 2.69. The van der Waals surface area contributed by atoms with Gasteiger partial charge in [-0.15, -0.1) is 0 Å². The van der Waals surface area contributed by atoms with Crippen molar-refractivity contribution in [3.63, 3.8) is 0 Å². The van der Waals surface area contributed by atoms with Gasteiger partial charge >= 0.3 is 0 Å². The van der Waals surface area contributed by atoms with Crippen LogP contribution in [0.1, 0.15) is 11.4 Å². The number of benzene rings is 1. The predicted molar refractivity (Wildman–Crippen MR) is 61.2 cm³/mol. The fraction of sp³-hybridized carbons (Fsp3) is 0.250. The third-order valence-electron chi connectivity index (χ3n) is 3.18. The highest BCUT2D eigenvalue weighted by Gasteiger charge is 2.19. The molecule has 0 bridgehead atoms. The van der Waals surface area contributed by atoms with Crippen molar-refractivity contribution in [3.05, 3.63) is 35.9 Å². The van der Waals surface area contributed by atoms with Gasteiger partial charge in [0.25, 0.3) is 0 Å². The number of rotatable bonds is 0. The fourth-order valence-corrected chi connectivity index (χ4v) is 2.29. The molecule has 0 spiro atoms. The van der Waals surface area contributed by atoms with E-state index >= 15 is 0 Å². The molecule has 4 rings (SSSR count). The zero-order valence-electron chi connectivity index (χ0n) is 9.14. The van der Waals surface area contributed by atoms with Crippen LogP contribution in [0, 0.1) is 0 Å². The first-order chi connectivity index (χ1) is 8.40. The Morgan fingerprint density at radius 2 is 2.12 bits per heavy atom. The standard InChI is InChI=1S/C12H11N3O2/c1-2-15-6-8-3-10-11(17-7-16-10)4-9(8)14-5-12(15)13-1/h1-4,14H,5-7H2. The van der Waals surface area contributed by atoms with Crippen LogP contribution in [0.15, 0.2) is 24.5 Å². The average molecular weight is 229 g/mol. The van der Waals surface area contributed by atoms with Crippen molar-refractivity contribution in [1.82, 2.24) is 9.55 Å². The molecule has 1 aromatic heterocycles. The van der Waals surface area contributed by atoms with Gasteiger partial charge in [-0.3, -0.25) is 0 Å². The number of hydrogen-bond acceptors (Lipinski definition) is 4. The minimum atomic E-state index is 0.314. The molecule has 86 valence electrons. The third kappa shape index (κ3) is 1.28. The summed E-state index contributed by atoms with van der Waals surface area (Å²) in [6, 6.07) is 4.05. The molecule has 0 fully saturated rings. The predicted octanol–water partition coefficient (Wildman–Crippen LogP) is 1.59. The third-order valence-corrected chi connectivity index (χ3v) is 3.18. The van der Waals surface area contributed by atoms with Crippen molar-refractivity contribution in [2.45, 2.75) is 13.1 Å². The highest BCUT2D eigenvalue weighted by molar-refractivity contribution is 5.61. The number of imidazole rings is 1. The maximum absolute atomic E-state index is 5.40. The van der Waals surface area contributed by atoms with Gasteiger partial charge in [0.15, 0.2) is 11.5 Å². The molecule has 0 atom stereocenters. The number of hydrogen-bond donors (Lipinski definition) is 1. The first-order valence-corrected chi connectivity index (χ1v) is 5.56. The second-order valence-corrected chi connectivity index (χ2v) is 4.19. The van der Waals surface area contributed by atoms with Crippen LogP contribution in [0.4, 0.5) is 5.69 Å². The van der Waals surface area contributed by atoms with E-state index in [0.717, 1.165) is 36.1 Å². The van der Waals surface area contributed by atoms with Crippen LogP contribution < -0.4 is 14.8 Å². The molecule has 2 aliphatic heterocycles. The van der Waals surface area contributed by atoms with Crippen molar-refractivity contribution >= 4 is 5.69 Å². The van der Waals surface area contributed by atoms with Crippen LogP contribution in [0.5, 0.6) is 11.5 Å². The van der Waals surface area contributed by atoms with Crippen molar-refractivity contribution in [2.24, 2.45) is 0 Å². The molecule has 3 heterocycles. The number of nitrogens with one attached hydrogen (secondary N) is 1. The number of nitrogens with zero attached hydrogens (tertiary/aromatic N) is 2. The minimum absolute atomic E-state index is 0.314. The number of anilines is 1. The van der Waals surface area contributed by atoms with E-state index in [0.29, 0.717) is 6.79 Å². The SMILES string of the molecule is c1cn2c(n1)CNc1cc3c(cc1C2)OCO3. The van der Waals surface area contributed by atoms with Crippen LogP contribution in [0.25, 0.3) is 0 Å². The van der Waals surface area contributed by atoms with Gasteiger partial charge < -0.3 is 19.4 Å². The van der Waals surface area contributed by atoms with Crippen LogP contribution >= 0.6 is 0 Å². The van der Waals surface area contributed by atoms with E-state index < -0.39 is 0 Å². The monoisotopic (exact) mass is 229 g/mol. The lowest BCUT2D eigenvalue weighted by Crippen LogP contribution is -2.02. The van der Waals surface area contributed by atoms with Crippen LogP contribution in [0.2, 0.25) is 0 Å². The van der Waals surface area contributed by atoms with Gasteiger partial charge in [0, 0.05) is 24.1 Å². The van der Waals surface area contributed by atoms with Gasteiger partial charge in [-0.1, -0.05) is 0 Å². The summed E-state index contributed by atoms with van der Waals surface area (Å²) in [6.45, 7) is 1.86. The van der Waals surface area contributed by atoms with E-state index in [9.17, 15) is 0 Å². The smallest absolute Gasteiger partial charge is 0.231 e. The normalized spacial score (nSPS) is 15.8. The molecule has 0 saturated carbocycles. The maximum atomic E-state index is 5.40. The quantitative estimate of drug-likeness (QED) is 0.745. The summed E-state index contributed by atoms with van der Waals surface area (Å²) in [5.41, 5.74) is 2.30. The zero-order chi connectivity index (χ0) is 11.2. The summed E-state index contributed by atoms with van der Waals surface area (Å²) in [6.07, 6.45) is 3.83. The Morgan fingerprint density at radius 1 is 1.24 bits per heavy atom. The van der Waals surface area contributed by atoms with Gasteiger partial charge in [0.1, 0.15) is 5.82 Å². The van der Waals surface area contributed by atoms with E-state index in [1.165, 1.54) is 5.56 Å². The highest BCUT2D eigenvalue weighted by Crippen LogP contribution is 2.38. The summed E-state index contributed by atoms with van der Waals surface area (Å²) in [7, 11) is 0. The molecule has 0 radical (unpaired) electrons. The Labute approximate surface area is 98.0 Å². The largest absolute Gasteiger partial charge is 0.454 e. The second-order valence-electron chi connectivity index (χ2n) is 4.19. The lowest BCUT2D eigenvalue weighted by molar-refractivity contribution is 0.174. The van der Waals surface area contributed by atoms with Crippen molar-refractivity contribution in [2.75, 3.05) is 12.1 Å². The molecule has 2 aromatic rings. The molecule has 0 unspecified atom stereocenters. The summed E-state index contributed by atoms with van der Waals surface area (Å²) in [4.78, 5) is 4.32. The Bertz CT molecular complexity index is 591. The molecule has 0 saturated heterocycles. The fourth-order valence-electron chi connectivity index (χ4n) is 2.29. The summed E-state index contributed by atoms with van der Waals surface area (Å²) < 4.78 is 12.9. The number of fused-ring (bicyclic) bond motifs is 3. The Balaban J connectivity index is 1.84. The van der Waals surface area contributed by atoms with Gasteiger partial charge in [-0.05, 0) is 11.6 Å².